The maximum Gasteiger partial charge on any atom is 0.181 e. The molecule has 4 aromatic carbocycles. The summed E-state index contributed by atoms with van der Waals surface area (Å²) in [5, 5.41) is 6.56. The van der Waals surface area contributed by atoms with Crippen LogP contribution in [-0.2, 0) is 25.9 Å². The van der Waals surface area contributed by atoms with Crippen molar-refractivity contribution in [2.45, 2.75) is 366 Å². The zero-order chi connectivity index (χ0) is 113. The number of rotatable bonds is 0. The molecule has 0 radical (unpaired) electrons. The number of nitrogens with zero attached hydrogens (tertiary/aromatic N) is 15. The highest BCUT2D eigenvalue weighted by Gasteiger charge is 2.08. The van der Waals surface area contributed by atoms with E-state index in [-0.39, 0.29) is 7.43 Å². The summed E-state index contributed by atoms with van der Waals surface area (Å²) in [5.74, 6) is 0. The Morgan fingerprint density at radius 2 is 0.392 bits per heavy atom. The Morgan fingerprint density at radius 1 is 0.182 bits per heavy atom. The van der Waals surface area contributed by atoms with Gasteiger partial charge in [0.05, 0.1) is 34.8 Å². The van der Waals surface area contributed by atoms with Gasteiger partial charge in [0.25, 0.3) is 0 Å². The zero-order valence-corrected chi connectivity index (χ0v) is 99.7. The molecule has 0 fully saturated rings. The maximum absolute atomic E-state index is 5.01. The van der Waals surface area contributed by atoms with Crippen molar-refractivity contribution in [2.75, 3.05) is 13.1 Å². The number of nitrogens with one attached hydrogen (secondary N) is 2. The van der Waals surface area contributed by atoms with Gasteiger partial charge in [0.2, 0.25) is 0 Å². The third-order valence-corrected chi connectivity index (χ3v) is 12.2. The molecule has 143 heavy (non-hydrogen) atoms. The number of pyridine rings is 7. The summed E-state index contributed by atoms with van der Waals surface area (Å²) in [5.41, 5.74) is 12.2. The van der Waals surface area contributed by atoms with E-state index in [1.54, 1.807) is 86.8 Å². The first kappa shape index (κ1) is 176. The molecule has 2 aliphatic heterocycles. The summed E-state index contributed by atoms with van der Waals surface area (Å²) in [6.07, 6.45) is 35.8. The quantitative estimate of drug-likeness (QED) is 0.143. The lowest BCUT2D eigenvalue weighted by Gasteiger charge is -2.14. The van der Waals surface area contributed by atoms with Crippen molar-refractivity contribution < 1.29 is 8.83 Å². The second-order valence-corrected chi connectivity index (χ2v) is 18.9. The third kappa shape index (κ3) is 126. The molecule has 812 valence electrons. The number of fused-ring (bicyclic) bond motifs is 6. The molecular weight excluding hydrogens is 1760 g/mol. The topological polar surface area (TPSA) is 244 Å². The normalized spacial score (nSPS) is 8.00. The standard InChI is InChI=1S/2C8H10N2.2C7H5N3.2C7H5NO.2C6H6.3C5H5N.C4H4N2.24C2H6.CH4/c2*1-2-7-3-5-9-6-8(7)10-4-1;2*1-2-6-7(9-3-1)4-8-5-10-6;2*1-2-4-7-6(3-1)8-5-9-7;5*1-2-4-6-5-3-1;1-2-6-4-3-5-1;24*1-2;/h2*1-2,4,9H,3,5-6H2;2*1-5H;2*1-5H;2*1-6H;3*1-5H;1-4H;24*1-2H3;1H4. The van der Waals surface area contributed by atoms with Crippen LogP contribution in [0.2, 0.25) is 0 Å². The average Bonchev–Trinajstić information content (AvgIpc) is 1.33. The first-order valence-electron chi connectivity index (χ1n) is 53.9. The Morgan fingerprint density at radius 3 is 0.594 bits per heavy atom. The Hall–Kier alpha value is -12.5. The van der Waals surface area contributed by atoms with Gasteiger partial charge >= 0.3 is 0 Å². The molecule has 0 spiro atoms. The van der Waals surface area contributed by atoms with Gasteiger partial charge in [-0.3, -0.25) is 44.9 Å². The fourth-order valence-corrected chi connectivity index (χ4v) is 7.78. The Bertz CT molecular complexity index is 3560. The molecule has 0 bridgehead atoms. The van der Waals surface area contributed by atoms with E-state index in [0.717, 1.165) is 83.3 Å². The highest BCUT2D eigenvalue weighted by Crippen LogP contribution is 2.12. The minimum Gasteiger partial charge on any atom is -0.443 e. The van der Waals surface area contributed by atoms with Gasteiger partial charge in [-0.15, -0.1) is 0 Å². The molecule has 16 aromatic rings. The van der Waals surface area contributed by atoms with Gasteiger partial charge in [0.1, 0.15) is 34.7 Å². The number of hydrogen-bond acceptors (Lipinski definition) is 19. The molecular formula is C124H219N17O2. The minimum atomic E-state index is 0. The highest BCUT2D eigenvalue weighted by atomic mass is 16.3. The SMILES string of the molecule is C.CC.CC.CC.CC.CC.CC.CC.CC.CC.CC.CC.CC.CC.CC.CC.CC.CC.CC.CC.CC.CC.CC.CC.CC.c1ccc2ocnc2c1.c1ccc2ocnc2c1.c1ccccc1.c1ccccc1.c1ccncc1.c1ccncc1.c1ccncc1.c1cnc2c(c1)CCNC2.c1cnc2c(c1)CCNC2.c1cnc2cncnc2c1.c1cnc2cncnc2c1.c1cnccn1. The van der Waals surface area contributed by atoms with Crippen molar-refractivity contribution in [3.8, 4) is 0 Å². The number of benzene rings is 4. The Labute approximate surface area is 883 Å². The molecule has 19 nitrogen and oxygen atoms in total. The van der Waals surface area contributed by atoms with Gasteiger partial charge in [-0.25, -0.2) is 29.9 Å². The van der Waals surface area contributed by atoms with Crippen LogP contribution in [-0.4, -0.2) is 87.8 Å². The summed E-state index contributed by atoms with van der Waals surface area (Å²) < 4.78 is 10.0. The molecule has 0 amide bonds. The second kappa shape index (κ2) is 192. The van der Waals surface area contributed by atoms with Crippen LogP contribution in [0.4, 0.5) is 0 Å². The molecule has 2 N–H and O–H groups in total. The van der Waals surface area contributed by atoms with Gasteiger partial charge in [0, 0.05) is 99.8 Å². The van der Waals surface area contributed by atoms with Crippen molar-refractivity contribution in [3.05, 3.63) is 372 Å². The third-order valence-electron chi connectivity index (χ3n) is 12.2. The van der Waals surface area contributed by atoms with Crippen molar-refractivity contribution in [2.24, 2.45) is 0 Å². The molecule has 0 atom stereocenters. The number of hydrogen-bond donors (Lipinski definition) is 2. The lowest BCUT2D eigenvalue weighted by molar-refractivity contribution is 0.602. The van der Waals surface area contributed by atoms with Crippen LogP contribution < -0.4 is 10.6 Å². The monoisotopic (exact) mass is 1980 g/mol. The van der Waals surface area contributed by atoms with Crippen molar-refractivity contribution in [1.29, 1.82) is 0 Å². The lowest BCUT2D eigenvalue weighted by atomic mass is 10.1. The van der Waals surface area contributed by atoms with Gasteiger partial charge in [-0.05, 0) is 134 Å². The predicted octanol–water partition coefficient (Wildman–Crippen LogP) is 39.5. The van der Waals surface area contributed by atoms with E-state index in [4.69, 9.17) is 8.83 Å². The van der Waals surface area contributed by atoms with Crippen molar-refractivity contribution in [3.63, 3.8) is 0 Å². The maximum atomic E-state index is 5.01. The zero-order valence-electron chi connectivity index (χ0n) is 99.7. The number of oxazole rings is 2. The molecule has 2 aliphatic rings. The van der Waals surface area contributed by atoms with Crippen LogP contribution in [0, 0.1) is 0 Å². The van der Waals surface area contributed by atoms with Gasteiger partial charge in [-0.1, -0.05) is 467 Å². The second-order valence-electron chi connectivity index (χ2n) is 18.9. The van der Waals surface area contributed by atoms with E-state index in [2.05, 4.69) is 97.5 Å². The van der Waals surface area contributed by atoms with E-state index in [1.165, 1.54) is 48.0 Å². The summed E-state index contributed by atoms with van der Waals surface area (Å²) >= 11 is 0. The Balaban J connectivity index is -0.0000000666. The van der Waals surface area contributed by atoms with E-state index < -0.39 is 0 Å². The first-order chi connectivity index (χ1) is 70.8. The largest absolute Gasteiger partial charge is 0.443 e. The van der Waals surface area contributed by atoms with E-state index in [1.807, 2.05) is 557 Å². The van der Waals surface area contributed by atoms with Crippen LogP contribution in [0.3, 0.4) is 0 Å². The average molecular weight is 1980 g/mol. The van der Waals surface area contributed by atoms with Crippen LogP contribution in [0.1, 0.15) is 362 Å². The Kier molecular flexibility index (Phi) is 237. The van der Waals surface area contributed by atoms with Crippen LogP contribution >= 0.6 is 0 Å². The number of para-hydroxylation sites is 4. The molecule has 19 heteroatoms. The van der Waals surface area contributed by atoms with Crippen molar-refractivity contribution in [1.82, 2.24) is 85.4 Å². The lowest BCUT2D eigenvalue weighted by Crippen LogP contribution is -2.24. The van der Waals surface area contributed by atoms with E-state index in [0.29, 0.717) is 0 Å². The molecule has 12 aromatic heterocycles. The first-order valence-corrected chi connectivity index (χ1v) is 53.9. The number of aromatic nitrogens is 15. The van der Waals surface area contributed by atoms with Gasteiger partial charge in [0.15, 0.2) is 24.0 Å². The minimum absolute atomic E-state index is 0. The summed E-state index contributed by atoms with van der Waals surface area (Å²) in [7, 11) is 0. The molecule has 0 saturated carbocycles. The highest BCUT2D eigenvalue weighted by molar-refractivity contribution is 5.73. The molecule has 0 saturated heterocycles. The van der Waals surface area contributed by atoms with E-state index >= 15 is 0 Å². The molecule has 0 aliphatic carbocycles. The summed E-state index contributed by atoms with van der Waals surface area (Å²) in [6, 6.07) is 72.3. The molecule has 18 rings (SSSR count). The van der Waals surface area contributed by atoms with Crippen LogP contribution in [0.5, 0.6) is 0 Å². The van der Waals surface area contributed by atoms with Crippen LogP contribution in [0.25, 0.3) is 44.3 Å². The molecule has 0 unspecified atom stereocenters. The molecule has 14 heterocycles. The smallest absolute Gasteiger partial charge is 0.181 e. The van der Waals surface area contributed by atoms with Crippen molar-refractivity contribution >= 4 is 44.3 Å². The fourth-order valence-electron chi connectivity index (χ4n) is 7.78. The summed E-state index contributed by atoms with van der Waals surface area (Å²) in [4.78, 5) is 59.0. The van der Waals surface area contributed by atoms with E-state index in [9.17, 15) is 0 Å². The fraction of sp³-hybridized carbons (Fsp3) is 0.444. The van der Waals surface area contributed by atoms with Gasteiger partial charge < -0.3 is 19.5 Å². The van der Waals surface area contributed by atoms with Gasteiger partial charge in [-0.2, -0.15) is 0 Å². The predicted molar refractivity (Wildman–Crippen MR) is 649 cm³/mol. The summed E-state index contributed by atoms with van der Waals surface area (Å²) in [6.45, 7) is 100. The van der Waals surface area contributed by atoms with Crippen LogP contribution in [0.15, 0.2) is 358 Å².